The molecule has 0 atom stereocenters. The Bertz CT molecular complexity index is 230. The minimum atomic E-state index is -2.92. The van der Waals surface area contributed by atoms with E-state index in [9.17, 15) is 9.59 Å². The molecular weight excluding hydrogens is 236 g/mol. The van der Waals surface area contributed by atoms with Gasteiger partial charge < -0.3 is 22.8 Å². The van der Waals surface area contributed by atoms with Gasteiger partial charge in [-0.05, 0) is 0 Å². The van der Waals surface area contributed by atoms with Gasteiger partial charge in [-0.25, -0.2) is 4.79 Å². The molecule has 0 aliphatic heterocycles. The zero-order chi connectivity index (χ0) is 12.6. The van der Waals surface area contributed by atoms with E-state index >= 15 is 0 Å². The molecule has 94 valence electrons. The number of rotatable bonds is 7. The van der Waals surface area contributed by atoms with Crippen molar-refractivity contribution in [2.75, 3.05) is 34.2 Å². The van der Waals surface area contributed by atoms with Crippen molar-refractivity contribution in [1.82, 2.24) is 0 Å². The molecule has 0 rings (SSSR count). The summed E-state index contributed by atoms with van der Waals surface area (Å²) in [5.41, 5.74) is 0. The van der Waals surface area contributed by atoms with Crippen molar-refractivity contribution in [3.63, 3.8) is 0 Å². The predicted molar refractivity (Wildman–Crippen MR) is 54.4 cm³/mol. The van der Waals surface area contributed by atoms with Crippen LogP contribution in [0.1, 0.15) is 6.92 Å². The van der Waals surface area contributed by atoms with Crippen LogP contribution in [-0.2, 0) is 32.3 Å². The molecule has 0 unspecified atom stereocenters. The molecule has 0 aromatic heterocycles. The molecule has 0 spiro atoms. The van der Waals surface area contributed by atoms with Gasteiger partial charge in [0.15, 0.2) is 12.8 Å². The lowest BCUT2D eigenvalue weighted by molar-refractivity contribution is -0.157. The fourth-order valence-corrected chi connectivity index (χ4v) is 1.99. The van der Waals surface area contributed by atoms with E-state index in [1.165, 1.54) is 28.3 Å². The number of carbonyl (C=O) groups excluding carboxylic acids is 2. The van der Waals surface area contributed by atoms with Crippen molar-refractivity contribution in [1.29, 1.82) is 0 Å². The fraction of sp³-hybridized carbons (Fsp3) is 0.750. The van der Waals surface area contributed by atoms with Gasteiger partial charge >= 0.3 is 20.7 Å². The molecule has 0 aliphatic rings. The quantitative estimate of drug-likeness (QED) is 0.446. The highest BCUT2D eigenvalue weighted by atomic mass is 28.4. The normalized spacial score (nSPS) is 11.0. The van der Waals surface area contributed by atoms with Crippen LogP contribution >= 0.6 is 0 Å². The van der Waals surface area contributed by atoms with E-state index in [2.05, 4.69) is 4.74 Å². The topological polar surface area (TPSA) is 80.3 Å². The highest BCUT2D eigenvalue weighted by Crippen LogP contribution is 2.06. The summed E-state index contributed by atoms with van der Waals surface area (Å²) >= 11 is 0. The van der Waals surface area contributed by atoms with Crippen LogP contribution in [0, 0.1) is 0 Å². The molecular formula is C8H16O7Si. The second kappa shape index (κ2) is 7.33. The van der Waals surface area contributed by atoms with Crippen molar-refractivity contribution in [2.45, 2.75) is 6.92 Å². The third-order valence-corrected chi connectivity index (χ3v) is 4.10. The van der Waals surface area contributed by atoms with Crippen LogP contribution in [0.15, 0.2) is 0 Å². The Balaban J connectivity index is 4.01. The zero-order valence-electron chi connectivity index (χ0n) is 9.77. The molecule has 0 heterocycles. The number of ether oxygens (including phenoxy) is 2. The van der Waals surface area contributed by atoms with Crippen LogP contribution in [0.5, 0.6) is 0 Å². The van der Waals surface area contributed by atoms with Gasteiger partial charge in [0.05, 0.1) is 0 Å². The molecule has 0 aromatic carbocycles. The molecule has 0 aromatic rings. The Kier molecular flexibility index (Phi) is 6.89. The number of hydrogen-bond acceptors (Lipinski definition) is 7. The van der Waals surface area contributed by atoms with E-state index in [1.54, 1.807) is 0 Å². The highest BCUT2D eigenvalue weighted by Gasteiger charge is 2.40. The number of esters is 2. The van der Waals surface area contributed by atoms with E-state index in [1.807, 2.05) is 0 Å². The molecule has 16 heavy (non-hydrogen) atoms. The summed E-state index contributed by atoms with van der Waals surface area (Å²) in [5.74, 6) is -1.23. The maximum absolute atomic E-state index is 11.1. The van der Waals surface area contributed by atoms with Crippen LogP contribution in [0.4, 0.5) is 0 Å². The Labute approximate surface area is 94.9 Å². The lowest BCUT2D eigenvalue weighted by Crippen LogP contribution is -2.48. The van der Waals surface area contributed by atoms with Gasteiger partial charge in [0.25, 0.3) is 0 Å². The summed E-state index contributed by atoms with van der Waals surface area (Å²) in [5, 5.41) is 0. The zero-order valence-corrected chi connectivity index (χ0v) is 10.8. The van der Waals surface area contributed by atoms with E-state index in [-0.39, 0.29) is 6.23 Å². The minimum Gasteiger partial charge on any atom is -0.459 e. The first-order chi connectivity index (χ1) is 7.49. The average Bonchev–Trinajstić information content (AvgIpc) is 2.29. The number of hydrogen-bond donors (Lipinski definition) is 0. The summed E-state index contributed by atoms with van der Waals surface area (Å²) in [6.07, 6.45) is -0.128. The summed E-state index contributed by atoms with van der Waals surface area (Å²) in [7, 11) is 1.29. The molecule has 0 saturated carbocycles. The Morgan fingerprint density at radius 1 is 1.00 bits per heavy atom. The largest absolute Gasteiger partial charge is 0.539 e. The van der Waals surface area contributed by atoms with Gasteiger partial charge in [0.1, 0.15) is 0 Å². The molecule has 0 saturated heterocycles. The van der Waals surface area contributed by atoms with Gasteiger partial charge in [-0.1, -0.05) is 0 Å². The van der Waals surface area contributed by atoms with Gasteiger partial charge in [-0.3, -0.25) is 4.79 Å². The van der Waals surface area contributed by atoms with Gasteiger partial charge in [0, 0.05) is 28.3 Å². The van der Waals surface area contributed by atoms with Crippen LogP contribution in [0.2, 0.25) is 0 Å². The summed E-state index contributed by atoms with van der Waals surface area (Å²) in [6.45, 7) is 0.767. The van der Waals surface area contributed by atoms with Gasteiger partial charge in [-0.2, -0.15) is 0 Å². The molecule has 7 nitrogen and oxygen atoms in total. The highest BCUT2D eigenvalue weighted by molar-refractivity contribution is 6.60. The van der Waals surface area contributed by atoms with E-state index in [0.717, 1.165) is 0 Å². The Morgan fingerprint density at radius 3 is 1.88 bits per heavy atom. The molecule has 0 radical (unpaired) electrons. The molecule has 0 amide bonds. The monoisotopic (exact) mass is 252 g/mol. The molecule has 0 bridgehead atoms. The average molecular weight is 252 g/mol. The van der Waals surface area contributed by atoms with E-state index < -0.39 is 27.3 Å². The van der Waals surface area contributed by atoms with Crippen molar-refractivity contribution < 1.29 is 32.3 Å². The minimum absolute atomic E-state index is 0.128. The molecule has 8 heteroatoms. The van der Waals surface area contributed by atoms with E-state index in [4.69, 9.17) is 18.0 Å². The van der Waals surface area contributed by atoms with Gasteiger partial charge in [-0.15, -0.1) is 0 Å². The standard InChI is InChI=1S/C8H16O7Si/c1-7(9)14-5-8(10)15-6-16(11-2,12-3)13-4/h5-6H2,1-4H3. The van der Waals surface area contributed by atoms with Crippen LogP contribution in [0.3, 0.4) is 0 Å². The maximum Gasteiger partial charge on any atom is 0.539 e. The maximum atomic E-state index is 11.1. The van der Waals surface area contributed by atoms with Crippen molar-refractivity contribution in [2.24, 2.45) is 0 Å². The predicted octanol–water partition coefficient (Wildman–Crippen LogP) is -0.490. The Hall–Kier alpha value is -0.963. The first-order valence-electron chi connectivity index (χ1n) is 4.44. The fourth-order valence-electron chi connectivity index (χ4n) is 0.798. The summed E-state index contributed by atoms with van der Waals surface area (Å²) < 4.78 is 24.3. The first kappa shape index (κ1) is 15.0. The van der Waals surface area contributed by atoms with Crippen LogP contribution in [-0.4, -0.2) is 54.9 Å². The lowest BCUT2D eigenvalue weighted by Gasteiger charge is -2.23. The van der Waals surface area contributed by atoms with Crippen molar-refractivity contribution >= 4 is 20.7 Å². The SMILES string of the molecule is CO[Si](COC(=O)COC(C)=O)(OC)OC. The smallest absolute Gasteiger partial charge is 0.459 e. The van der Waals surface area contributed by atoms with E-state index in [0.29, 0.717) is 0 Å². The second-order valence-corrected chi connectivity index (χ2v) is 5.62. The van der Waals surface area contributed by atoms with Crippen LogP contribution in [0.25, 0.3) is 0 Å². The molecule has 0 aliphatic carbocycles. The van der Waals surface area contributed by atoms with Crippen LogP contribution < -0.4 is 0 Å². The third-order valence-electron chi connectivity index (χ3n) is 1.74. The molecule has 0 N–H and O–H groups in total. The lowest BCUT2D eigenvalue weighted by atomic mass is 10.7. The number of carbonyl (C=O) groups is 2. The van der Waals surface area contributed by atoms with Gasteiger partial charge in [0.2, 0.25) is 0 Å². The van der Waals surface area contributed by atoms with Crippen molar-refractivity contribution in [3.05, 3.63) is 0 Å². The Morgan fingerprint density at radius 2 is 1.50 bits per heavy atom. The summed E-state index contributed by atoms with van der Waals surface area (Å²) in [6, 6.07) is 0. The first-order valence-corrected chi connectivity index (χ1v) is 6.37. The van der Waals surface area contributed by atoms with Crippen molar-refractivity contribution in [3.8, 4) is 0 Å². The summed E-state index contributed by atoms with van der Waals surface area (Å²) in [4.78, 5) is 21.5. The second-order valence-electron chi connectivity index (χ2n) is 2.74. The molecule has 0 fully saturated rings. The third kappa shape index (κ3) is 5.21.